The van der Waals surface area contributed by atoms with Crippen molar-refractivity contribution in [2.75, 3.05) is 30.7 Å². The van der Waals surface area contributed by atoms with Crippen LogP contribution in [-0.2, 0) is 4.79 Å². The number of anilines is 2. The van der Waals surface area contributed by atoms with Gasteiger partial charge >= 0.3 is 0 Å². The topological polar surface area (TPSA) is 87.5 Å². The highest BCUT2D eigenvalue weighted by Gasteiger charge is 2.39. The van der Waals surface area contributed by atoms with Crippen LogP contribution in [0.1, 0.15) is 33.8 Å². The van der Waals surface area contributed by atoms with E-state index in [0.717, 1.165) is 31.6 Å². The fourth-order valence-corrected chi connectivity index (χ4v) is 4.52. The van der Waals surface area contributed by atoms with Crippen LogP contribution in [0.25, 0.3) is 6.08 Å². The zero-order chi connectivity index (χ0) is 25.1. The van der Waals surface area contributed by atoms with Gasteiger partial charge in [-0.3, -0.25) is 9.59 Å². The Morgan fingerprint density at radius 3 is 2.44 bits per heavy atom. The molecule has 3 aromatic carbocycles. The molecule has 6 nitrogen and oxygen atoms in total. The molecule has 0 spiro atoms. The normalized spacial score (nSPS) is 19.2. The van der Waals surface area contributed by atoms with Crippen LogP contribution < -0.4 is 16.4 Å². The maximum atomic E-state index is 13.1. The number of nitrogens with zero attached hydrogens (tertiary/aromatic N) is 1. The van der Waals surface area contributed by atoms with Crippen molar-refractivity contribution in [2.45, 2.75) is 18.4 Å². The second-order valence-electron chi connectivity index (χ2n) is 9.51. The molecule has 36 heavy (non-hydrogen) atoms. The third kappa shape index (κ3) is 5.63. The Morgan fingerprint density at radius 1 is 1.00 bits per heavy atom. The van der Waals surface area contributed by atoms with E-state index >= 15 is 0 Å². The van der Waals surface area contributed by atoms with E-state index in [1.54, 1.807) is 36.4 Å². The summed E-state index contributed by atoms with van der Waals surface area (Å²) in [6, 6.07) is 21.4. The van der Waals surface area contributed by atoms with E-state index in [0.29, 0.717) is 34.8 Å². The molecule has 2 aliphatic rings. The first-order valence-electron chi connectivity index (χ1n) is 12.2. The van der Waals surface area contributed by atoms with E-state index in [1.807, 2.05) is 41.3 Å². The molecule has 0 aromatic heterocycles. The van der Waals surface area contributed by atoms with Crippen LogP contribution in [0.15, 0.2) is 78.9 Å². The lowest BCUT2D eigenvalue weighted by atomic mass is 9.99. The van der Waals surface area contributed by atoms with Crippen LogP contribution >= 0.6 is 0 Å². The maximum Gasteiger partial charge on any atom is 0.255 e. The van der Waals surface area contributed by atoms with Crippen LogP contribution in [0.5, 0.6) is 0 Å². The summed E-state index contributed by atoms with van der Waals surface area (Å²) in [6.45, 7) is 2.37. The Hall–Kier alpha value is -3.97. The van der Waals surface area contributed by atoms with Crippen LogP contribution in [0.4, 0.5) is 15.8 Å². The molecule has 2 amide bonds. The van der Waals surface area contributed by atoms with E-state index in [2.05, 4.69) is 10.6 Å². The highest BCUT2D eigenvalue weighted by molar-refractivity contribution is 6.05. The summed E-state index contributed by atoms with van der Waals surface area (Å²) >= 11 is 0. The molecular weight excluding hydrogens is 455 g/mol. The van der Waals surface area contributed by atoms with Gasteiger partial charge in [0.2, 0.25) is 5.91 Å². The number of hydrogen-bond donors (Lipinski definition) is 3. The summed E-state index contributed by atoms with van der Waals surface area (Å²) in [6.07, 6.45) is 4.42. The first kappa shape index (κ1) is 23.8. The first-order valence-corrected chi connectivity index (χ1v) is 12.2. The van der Waals surface area contributed by atoms with E-state index in [4.69, 9.17) is 5.73 Å². The van der Waals surface area contributed by atoms with Crippen LogP contribution in [0, 0.1) is 11.7 Å². The van der Waals surface area contributed by atoms with E-state index in [9.17, 15) is 14.0 Å². The van der Waals surface area contributed by atoms with Gasteiger partial charge in [-0.1, -0.05) is 36.4 Å². The number of likely N-dealkylation sites (tertiary alicyclic amines) is 1. The standard InChI is InChI=1S/C29H29FN4O2/c30-23-12-10-21(11-13-23)24-15-27(24)32-16-20-17-34(18-20)28(35)14-7-19-5-8-22(9-6-19)29(36)33-26-4-2-1-3-25(26)31/h1-14,20,24,27,32H,15-18,31H2,(H,33,36). The molecule has 1 saturated heterocycles. The van der Waals surface area contributed by atoms with E-state index in [1.165, 1.54) is 17.7 Å². The first-order chi connectivity index (χ1) is 17.5. The lowest BCUT2D eigenvalue weighted by Crippen LogP contribution is -2.53. The number of nitrogens with one attached hydrogen (secondary N) is 2. The quantitative estimate of drug-likeness (QED) is 0.329. The molecule has 4 N–H and O–H groups in total. The third-order valence-corrected chi connectivity index (χ3v) is 6.83. The molecule has 1 aliphatic carbocycles. The van der Waals surface area contributed by atoms with Gasteiger partial charge in [-0.25, -0.2) is 4.39 Å². The molecule has 2 atom stereocenters. The molecule has 0 bridgehead atoms. The average Bonchev–Trinajstić information content (AvgIpc) is 3.63. The fraction of sp³-hybridized carbons (Fsp3) is 0.241. The van der Waals surface area contributed by atoms with Crippen LogP contribution in [0.2, 0.25) is 0 Å². The van der Waals surface area contributed by atoms with Gasteiger partial charge in [0.05, 0.1) is 11.4 Å². The van der Waals surface area contributed by atoms with Crippen molar-refractivity contribution in [1.82, 2.24) is 10.2 Å². The molecule has 1 aliphatic heterocycles. The van der Waals surface area contributed by atoms with Gasteiger partial charge in [0.1, 0.15) is 5.82 Å². The summed E-state index contributed by atoms with van der Waals surface area (Å²) in [4.78, 5) is 26.8. The van der Waals surface area contributed by atoms with Gasteiger partial charge < -0.3 is 21.3 Å². The summed E-state index contributed by atoms with van der Waals surface area (Å²) in [5, 5.41) is 6.38. The summed E-state index contributed by atoms with van der Waals surface area (Å²) < 4.78 is 13.1. The minimum atomic E-state index is -0.241. The second kappa shape index (κ2) is 10.3. The number of rotatable bonds is 8. The molecule has 2 fully saturated rings. The summed E-state index contributed by atoms with van der Waals surface area (Å²) in [5.74, 6) is 0.457. The lowest BCUT2D eigenvalue weighted by molar-refractivity contribution is -0.131. The number of nitrogen functional groups attached to an aromatic ring is 1. The van der Waals surface area contributed by atoms with Crippen molar-refractivity contribution >= 4 is 29.3 Å². The van der Waals surface area contributed by atoms with Crippen molar-refractivity contribution in [2.24, 2.45) is 5.92 Å². The molecule has 2 unspecified atom stereocenters. The van der Waals surface area contributed by atoms with Crippen molar-refractivity contribution < 1.29 is 14.0 Å². The molecule has 3 aromatic rings. The number of halogens is 1. The number of nitrogens with two attached hydrogens (primary N) is 1. The highest BCUT2D eigenvalue weighted by atomic mass is 19.1. The SMILES string of the molecule is Nc1ccccc1NC(=O)c1ccc(C=CC(=O)N2CC(CNC3CC3c3ccc(F)cc3)C2)cc1. The molecule has 7 heteroatoms. The molecule has 1 saturated carbocycles. The second-order valence-corrected chi connectivity index (χ2v) is 9.51. The molecule has 5 rings (SSSR count). The van der Waals surface area contributed by atoms with Crippen molar-refractivity contribution in [3.63, 3.8) is 0 Å². The van der Waals surface area contributed by atoms with Gasteiger partial charge in [0.15, 0.2) is 0 Å². The van der Waals surface area contributed by atoms with Crippen molar-refractivity contribution in [1.29, 1.82) is 0 Å². The van der Waals surface area contributed by atoms with Crippen molar-refractivity contribution in [3.05, 3.63) is 101 Å². The smallest absolute Gasteiger partial charge is 0.255 e. The predicted molar refractivity (Wildman–Crippen MR) is 140 cm³/mol. The number of amides is 2. The van der Waals surface area contributed by atoms with Gasteiger partial charge in [0.25, 0.3) is 5.91 Å². The number of carbonyl (C=O) groups is 2. The maximum absolute atomic E-state index is 13.1. The summed E-state index contributed by atoms with van der Waals surface area (Å²) in [5.41, 5.74) is 9.50. The lowest BCUT2D eigenvalue weighted by Gasteiger charge is -2.39. The Kier molecular flexibility index (Phi) is 6.82. The monoisotopic (exact) mass is 484 g/mol. The zero-order valence-corrected chi connectivity index (χ0v) is 19.9. The number of carbonyl (C=O) groups excluding carboxylic acids is 2. The Morgan fingerprint density at radius 2 is 1.72 bits per heavy atom. The van der Waals surface area contributed by atoms with Gasteiger partial charge in [-0.2, -0.15) is 0 Å². The fourth-order valence-electron chi connectivity index (χ4n) is 4.52. The third-order valence-electron chi connectivity index (χ3n) is 6.83. The zero-order valence-electron chi connectivity index (χ0n) is 19.9. The minimum Gasteiger partial charge on any atom is -0.397 e. The molecular formula is C29H29FN4O2. The Bertz CT molecular complexity index is 1270. The predicted octanol–water partition coefficient (Wildman–Crippen LogP) is 4.28. The van der Waals surface area contributed by atoms with Crippen LogP contribution in [0.3, 0.4) is 0 Å². The van der Waals surface area contributed by atoms with Crippen LogP contribution in [-0.4, -0.2) is 42.4 Å². The molecule has 184 valence electrons. The van der Waals surface area contributed by atoms with Gasteiger partial charge in [-0.15, -0.1) is 0 Å². The summed E-state index contributed by atoms with van der Waals surface area (Å²) in [7, 11) is 0. The Labute approximate surface area is 210 Å². The molecule has 0 radical (unpaired) electrons. The number of para-hydroxylation sites is 2. The highest BCUT2D eigenvalue weighted by Crippen LogP contribution is 2.40. The Balaban J connectivity index is 1.03. The molecule has 1 heterocycles. The van der Waals surface area contributed by atoms with E-state index < -0.39 is 0 Å². The average molecular weight is 485 g/mol. The van der Waals surface area contributed by atoms with Gasteiger partial charge in [-0.05, 0) is 60.0 Å². The number of hydrogen-bond acceptors (Lipinski definition) is 4. The largest absolute Gasteiger partial charge is 0.397 e. The number of benzene rings is 3. The van der Waals surface area contributed by atoms with Crippen molar-refractivity contribution in [3.8, 4) is 0 Å². The minimum absolute atomic E-state index is 0.0109. The van der Waals surface area contributed by atoms with Gasteiger partial charge in [0, 0.05) is 49.2 Å². The van der Waals surface area contributed by atoms with E-state index in [-0.39, 0.29) is 17.6 Å².